The number of aryl methyl sites for hydroxylation is 1. The Bertz CT molecular complexity index is 956. The molecule has 0 aliphatic heterocycles. The van der Waals surface area contributed by atoms with E-state index in [9.17, 15) is 0 Å². The van der Waals surface area contributed by atoms with E-state index in [1.165, 1.54) is 11.1 Å². The van der Waals surface area contributed by atoms with Crippen LogP contribution in [-0.2, 0) is 6.61 Å². The second-order valence-corrected chi connectivity index (χ2v) is 8.46. The van der Waals surface area contributed by atoms with Gasteiger partial charge in [-0.3, -0.25) is 0 Å². The van der Waals surface area contributed by atoms with Gasteiger partial charge in [0.15, 0.2) is 0 Å². The Balaban J connectivity index is 1.95. The molecule has 3 rings (SSSR count). The summed E-state index contributed by atoms with van der Waals surface area (Å²) < 4.78 is 7.95. The van der Waals surface area contributed by atoms with E-state index in [1.807, 2.05) is 30.5 Å². The number of aromatic nitrogens is 2. The van der Waals surface area contributed by atoms with Gasteiger partial charge < -0.3 is 4.74 Å². The SMILES string of the molecule is Cc1cc(OCc2c(C(C)C)cnn2-c2c(Cl)cccc2Cl)ccc1C(C)C. The number of para-hydroxylation sites is 1. The third kappa shape index (κ3) is 4.21. The minimum atomic E-state index is 0.304. The van der Waals surface area contributed by atoms with Crippen LogP contribution in [0.3, 0.4) is 0 Å². The summed E-state index contributed by atoms with van der Waals surface area (Å²) in [6.07, 6.45) is 1.87. The molecule has 0 spiro atoms. The highest BCUT2D eigenvalue weighted by atomic mass is 35.5. The van der Waals surface area contributed by atoms with Crippen molar-refractivity contribution in [2.24, 2.45) is 0 Å². The van der Waals surface area contributed by atoms with E-state index in [4.69, 9.17) is 27.9 Å². The number of rotatable bonds is 6. The molecule has 0 bridgehead atoms. The second-order valence-electron chi connectivity index (χ2n) is 7.65. The first-order chi connectivity index (χ1) is 13.3. The molecule has 5 heteroatoms. The van der Waals surface area contributed by atoms with Gasteiger partial charge in [-0.1, -0.05) is 63.0 Å². The van der Waals surface area contributed by atoms with Crippen LogP contribution in [-0.4, -0.2) is 9.78 Å². The molecular formula is C23H26Cl2N2O. The molecule has 0 aliphatic carbocycles. The summed E-state index contributed by atoms with van der Waals surface area (Å²) in [7, 11) is 0. The second kappa shape index (κ2) is 8.59. The normalized spacial score (nSPS) is 11.5. The summed E-state index contributed by atoms with van der Waals surface area (Å²) in [4.78, 5) is 0. The first kappa shape index (κ1) is 20.8. The zero-order valence-corrected chi connectivity index (χ0v) is 18.5. The van der Waals surface area contributed by atoms with E-state index >= 15 is 0 Å². The van der Waals surface area contributed by atoms with Crippen LogP contribution in [0.4, 0.5) is 0 Å². The van der Waals surface area contributed by atoms with Gasteiger partial charge in [0, 0.05) is 0 Å². The zero-order valence-electron chi connectivity index (χ0n) is 17.0. The first-order valence-corrected chi connectivity index (χ1v) is 10.3. The molecule has 1 aromatic heterocycles. The molecule has 0 saturated heterocycles. The summed E-state index contributed by atoms with van der Waals surface area (Å²) in [6, 6.07) is 11.7. The van der Waals surface area contributed by atoms with Crippen molar-refractivity contribution >= 4 is 23.2 Å². The van der Waals surface area contributed by atoms with E-state index in [-0.39, 0.29) is 0 Å². The third-order valence-corrected chi connectivity index (χ3v) is 5.52. The molecule has 0 saturated carbocycles. The van der Waals surface area contributed by atoms with Crippen LogP contribution in [0, 0.1) is 6.92 Å². The highest BCUT2D eigenvalue weighted by Crippen LogP contribution is 2.32. The minimum absolute atomic E-state index is 0.304. The molecule has 148 valence electrons. The quantitative estimate of drug-likeness (QED) is 0.420. The Hall–Kier alpha value is -1.97. The smallest absolute Gasteiger partial charge is 0.131 e. The van der Waals surface area contributed by atoms with Gasteiger partial charge in [0.25, 0.3) is 0 Å². The molecule has 0 atom stereocenters. The van der Waals surface area contributed by atoms with Crippen LogP contribution >= 0.6 is 23.2 Å². The van der Waals surface area contributed by atoms with Crippen molar-refractivity contribution in [3.05, 3.63) is 75.0 Å². The fraction of sp³-hybridized carbons (Fsp3) is 0.348. The number of hydrogen-bond donors (Lipinski definition) is 0. The van der Waals surface area contributed by atoms with E-state index in [0.29, 0.717) is 34.2 Å². The molecule has 0 fully saturated rings. The van der Waals surface area contributed by atoms with Gasteiger partial charge in [-0.05, 0) is 59.7 Å². The fourth-order valence-electron chi connectivity index (χ4n) is 3.43. The van der Waals surface area contributed by atoms with Gasteiger partial charge in [-0.15, -0.1) is 0 Å². The van der Waals surface area contributed by atoms with Crippen molar-refractivity contribution in [1.29, 1.82) is 0 Å². The lowest BCUT2D eigenvalue weighted by Crippen LogP contribution is -2.09. The zero-order chi connectivity index (χ0) is 20.4. The Kier molecular flexibility index (Phi) is 6.36. The number of halogens is 2. The molecule has 0 amide bonds. The Labute approximate surface area is 177 Å². The minimum Gasteiger partial charge on any atom is -0.487 e. The lowest BCUT2D eigenvalue weighted by Gasteiger charge is -2.16. The van der Waals surface area contributed by atoms with E-state index in [0.717, 1.165) is 17.0 Å². The molecule has 1 heterocycles. The molecule has 0 N–H and O–H groups in total. The average molecular weight is 417 g/mol. The van der Waals surface area contributed by atoms with E-state index in [2.05, 4.69) is 51.9 Å². The molecular weight excluding hydrogens is 391 g/mol. The fourth-order valence-corrected chi connectivity index (χ4v) is 3.99. The molecule has 0 aliphatic rings. The monoisotopic (exact) mass is 416 g/mol. The van der Waals surface area contributed by atoms with Crippen LogP contribution in [0.25, 0.3) is 5.69 Å². The predicted octanol–water partition coefficient (Wildman–Crippen LogP) is 7.31. The number of ether oxygens (including phenoxy) is 1. The molecule has 0 radical (unpaired) electrons. The standard InChI is InChI=1S/C23H26Cl2N2O/c1-14(2)18-10-9-17(11-16(18)5)28-13-22-19(15(3)4)12-26-27(22)23-20(24)7-6-8-21(23)25/h6-12,14-15H,13H2,1-5H3. The van der Waals surface area contributed by atoms with Crippen molar-refractivity contribution < 1.29 is 4.74 Å². The number of benzene rings is 2. The Morgan fingerprint density at radius 1 is 0.964 bits per heavy atom. The predicted molar refractivity (Wildman–Crippen MR) is 117 cm³/mol. The largest absolute Gasteiger partial charge is 0.487 e. The highest BCUT2D eigenvalue weighted by molar-refractivity contribution is 6.37. The van der Waals surface area contributed by atoms with Crippen molar-refractivity contribution in [1.82, 2.24) is 9.78 Å². The molecule has 3 nitrogen and oxygen atoms in total. The Morgan fingerprint density at radius 2 is 1.61 bits per heavy atom. The molecule has 3 aromatic rings. The van der Waals surface area contributed by atoms with Crippen molar-refractivity contribution in [3.63, 3.8) is 0 Å². The summed E-state index contributed by atoms with van der Waals surface area (Å²) in [5.41, 5.74) is 5.33. The maximum atomic E-state index is 6.42. The third-order valence-electron chi connectivity index (χ3n) is 4.91. The van der Waals surface area contributed by atoms with Gasteiger partial charge in [0.05, 0.1) is 21.9 Å². The molecule has 28 heavy (non-hydrogen) atoms. The lowest BCUT2D eigenvalue weighted by molar-refractivity contribution is 0.295. The van der Waals surface area contributed by atoms with Crippen LogP contribution < -0.4 is 4.74 Å². The van der Waals surface area contributed by atoms with Gasteiger partial charge >= 0.3 is 0 Å². The summed E-state index contributed by atoms with van der Waals surface area (Å²) in [5, 5.41) is 5.68. The van der Waals surface area contributed by atoms with Crippen molar-refractivity contribution in [2.75, 3.05) is 0 Å². The number of nitrogens with zero attached hydrogens (tertiary/aromatic N) is 2. The summed E-state index contributed by atoms with van der Waals surface area (Å²) in [6.45, 7) is 11.2. The van der Waals surface area contributed by atoms with E-state index < -0.39 is 0 Å². The maximum Gasteiger partial charge on any atom is 0.131 e. The maximum absolute atomic E-state index is 6.42. The van der Waals surface area contributed by atoms with E-state index in [1.54, 1.807) is 4.68 Å². The van der Waals surface area contributed by atoms with Crippen LogP contribution in [0.5, 0.6) is 5.75 Å². The van der Waals surface area contributed by atoms with Crippen LogP contribution in [0.1, 0.15) is 61.9 Å². The van der Waals surface area contributed by atoms with Gasteiger partial charge in [-0.2, -0.15) is 5.10 Å². The molecule has 0 unspecified atom stereocenters. The van der Waals surface area contributed by atoms with Crippen molar-refractivity contribution in [2.45, 2.75) is 53.1 Å². The van der Waals surface area contributed by atoms with Gasteiger partial charge in [0.1, 0.15) is 18.0 Å². The Morgan fingerprint density at radius 3 is 2.18 bits per heavy atom. The molecule has 2 aromatic carbocycles. The van der Waals surface area contributed by atoms with Gasteiger partial charge in [-0.25, -0.2) is 4.68 Å². The van der Waals surface area contributed by atoms with Crippen LogP contribution in [0.2, 0.25) is 10.0 Å². The highest BCUT2D eigenvalue weighted by Gasteiger charge is 2.19. The average Bonchev–Trinajstić information content (AvgIpc) is 3.03. The number of hydrogen-bond acceptors (Lipinski definition) is 2. The van der Waals surface area contributed by atoms with Crippen molar-refractivity contribution in [3.8, 4) is 11.4 Å². The summed E-state index contributed by atoms with van der Waals surface area (Å²) >= 11 is 12.8. The summed E-state index contributed by atoms with van der Waals surface area (Å²) in [5.74, 6) is 1.64. The first-order valence-electron chi connectivity index (χ1n) is 9.54. The lowest BCUT2D eigenvalue weighted by atomic mass is 9.98. The topological polar surface area (TPSA) is 27.1 Å². The van der Waals surface area contributed by atoms with Crippen LogP contribution in [0.15, 0.2) is 42.6 Å². The van der Waals surface area contributed by atoms with Gasteiger partial charge in [0.2, 0.25) is 0 Å².